The maximum atomic E-state index is 11.0. The van der Waals surface area contributed by atoms with Gasteiger partial charge in [0.2, 0.25) is 0 Å². The molecule has 0 radical (unpaired) electrons. The van der Waals surface area contributed by atoms with Gasteiger partial charge in [-0.25, -0.2) is 0 Å². The van der Waals surface area contributed by atoms with Gasteiger partial charge in [0.05, 0.1) is 26.7 Å². The summed E-state index contributed by atoms with van der Waals surface area (Å²) in [6.07, 6.45) is 0.469. The fourth-order valence-electron chi connectivity index (χ4n) is 1.47. The summed E-state index contributed by atoms with van der Waals surface area (Å²) in [7, 11) is 1.42. The smallest absolute Gasteiger partial charge is 0.307 e. The van der Waals surface area contributed by atoms with Gasteiger partial charge in [0.15, 0.2) is 0 Å². The molecule has 0 aromatic carbocycles. The predicted molar refractivity (Wildman–Crippen MR) is 48.5 cm³/mol. The summed E-state index contributed by atoms with van der Waals surface area (Å²) in [5.74, 6) is -0.140. The fourth-order valence-corrected chi connectivity index (χ4v) is 1.47. The molecule has 1 saturated heterocycles. The van der Waals surface area contributed by atoms with E-state index in [1.807, 2.05) is 6.92 Å². The van der Waals surface area contributed by atoms with Gasteiger partial charge in [-0.1, -0.05) is 0 Å². The zero-order valence-electron chi connectivity index (χ0n) is 8.28. The molecule has 0 N–H and O–H groups in total. The van der Waals surface area contributed by atoms with Crippen LogP contribution in [0.25, 0.3) is 0 Å². The monoisotopic (exact) mass is 187 g/mol. The van der Waals surface area contributed by atoms with Crippen LogP contribution in [-0.4, -0.2) is 50.3 Å². The molecule has 0 aliphatic carbocycles. The van der Waals surface area contributed by atoms with Crippen molar-refractivity contribution in [2.45, 2.75) is 19.4 Å². The Kier molecular flexibility index (Phi) is 4.18. The zero-order valence-corrected chi connectivity index (χ0v) is 8.28. The number of morpholine rings is 1. The zero-order chi connectivity index (χ0) is 9.68. The summed E-state index contributed by atoms with van der Waals surface area (Å²) < 4.78 is 9.84. The van der Waals surface area contributed by atoms with Crippen LogP contribution >= 0.6 is 0 Å². The molecule has 1 fully saturated rings. The molecule has 0 unspecified atom stereocenters. The van der Waals surface area contributed by atoms with Gasteiger partial charge >= 0.3 is 5.97 Å². The van der Waals surface area contributed by atoms with Crippen molar-refractivity contribution >= 4 is 5.97 Å². The van der Waals surface area contributed by atoms with Crippen molar-refractivity contribution in [2.24, 2.45) is 0 Å². The molecule has 1 aliphatic rings. The summed E-state index contributed by atoms with van der Waals surface area (Å²) in [6.45, 7) is 5.41. The molecule has 0 aromatic heterocycles. The molecule has 0 amide bonds. The molecule has 0 bridgehead atoms. The average Bonchev–Trinajstić information content (AvgIpc) is 2.19. The van der Waals surface area contributed by atoms with E-state index in [1.165, 1.54) is 7.11 Å². The minimum Gasteiger partial charge on any atom is -0.469 e. The molecule has 0 aromatic rings. The second-order valence-electron chi connectivity index (χ2n) is 3.28. The summed E-state index contributed by atoms with van der Waals surface area (Å²) in [5, 5.41) is 0. The molecule has 1 aliphatic heterocycles. The summed E-state index contributed by atoms with van der Waals surface area (Å²) in [4.78, 5) is 13.2. The molecular weight excluding hydrogens is 170 g/mol. The van der Waals surface area contributed by atoms with Crippen LogP contribution in [0.4, 0.5) is 0 Å². The third kappa shape index (κ3) is 3.32. The van der Waals surface area contributed by atoms with Crippen LogP contribution < -0.4 is 0 Å². The van der Waals surface area contributed by atoms with Crippen LogP contribution in [-0.2, 0) is 14.3 Å². The van der Waals surface area contributed by atoms with Gasteiger partial charge in [-0.15, -0.1) is 0 Å². The third-order valence-electron chi connectivity index (χ3n) is 2.36. The van der Waals surface area contributed by atoms with Gasteiger partial charge in [0.25, 0.3) is 0 Å². The molecule has 1 heterocycles. The van der Waals surface area contributed by atoms with Gasteiger partial charge in [0.1, 0.15) is 0 Å². The van der Waals surface area contributed by atoms with Gasteiger partial charge < -0.3 is 9.47 Å². The summed E-state index contributed by atoms with van der Waals surface area (Å²) >= 11 is 0. The highest BCUT2D eigenvalue weighted by Gasteiger charge is 2.19. The minimum absolute atomic E-state index is 0.140. The number of carbonyl (C=O) groups excluding carboxylic acids is 1. The largest absolute Gasteiger partial charge is 0.469 e. The van der Waals surface area contributed by atoms with E-state index in [0.717, 1.165) is 26.3 Å². The molecule has 4 nitrogen and oxygen atoms in total. The first-order chi connectivity index (χ1) is 6.24. The second kappa shape index (κ2) is 5.19. The Morgan fingerprint density at radius 1 is 1.54 bits per heavy atom. The first-order valence-corrected chi connectivity index (χ1v) is 4.62. The maximum Gasteiger partial charge on any atom is 0.307 e. The maximum absolute atomic E-state index is 11.0. The van der Waals surface area contributed by atoms with Crippen molar-refractivity contribution in [3.05, 3.63) is 0 Å². The Morgan fingerprint density at radius 3 is 2.69 bits per heavy atom. The molecule has 4 heteroatoms. The lowest BCUT2D eigenvalue weighted by Crippen LogP contribution is -2.43. The normalized spacial score (nSPS) is 21.1. The van der Waals surface area contributed by atoms with Crippen molar-refractivity contribution in [2.75, 3.05) is 33.4 Å². The molecule has 13 heavy (non-hydrogen) atoms. The first-order valence-electron chi connectivity index (χ1n) is 4.62. The highest BCUT2D eigenvalue weighted by atomic mass is 16.5. The SMILES string of the molecule is COC(=O)C[C@H](C)N1CCOCC1. The van der Waals surface area contributed by atoms with Gasteiger partial charge in [-0.2, -0.15) is 0 Å². The van der Waals surface area contributed by atoms with E-state index in [0.29, 0.717) is 6.42 Å². The van der Waals surface area contributed by atoms with E-state index in [1.54, 1.807) is 0 Å². The van der Waals surface area contributed by atoms with E-state index >= 15 is 0 Å². The lowest BCUT2D eigenvalue weighted by molar-refractivity contribution is -0.142. The Labute approximate surface area is 78.8 Å². The molecule has 0 spiro atoms. The third-order valence-corrected chi connectivity index (χ3v) is 2.36. The van der Waals surface area contributed by atoms with Crippen LogP contribution in [0.2, 0.25) is 0 Å². The van der Waals surface area contributed by atoms with Crippen molar-refractivity contribution < 1.29 is 14.3 Å². The van der Waals surface area contributed by atoms with Crippen molar-refractivity contribution in [1.29, 1.82) is 0 Å². The Balaban J connectivity index is 2.28. The van der Waals surface area contributed by atoms with Crippen LogP contribution in [0.3, 0.4) is 0 Å². The fraction of sp³-hybridized carbons (Fsp3) is 0.889. The van der Waals surface area contributed by atoms with Crippen molar-refractivity contribution in [3.63, 3.8) is 0 Å². The van der Waals surface area contributed by atoms with Crippen LogP contribution in [0.5, 0.6) is 0 Å². The minimum atomic E-state index is -0.140. The van der Waals surface area contributed by atoms with Crippen molar-refractivity contribution in [3.8, 4) is 0 Å². The first kappa shape index (κ1) is 10.5. The van der Waals surface area contributed by atoms with E-state index < -0.39 is 0 Å². The van der Waals surface area contributed by atoms with E-state index in [9.17, 15) is 4.79 Å². The quantitative estimate of drug-likeness (QED) is 0.594. The summed E-state index contributed by atoms with van der Waals surface area (Å²) in [5.41, 5.74) is 0. The average molecular weight is 187 g/mol. The predicted octanol–water partition coefficient (Wildman–Crippen LogP) is 0.270. The van der Waals surface area contributed by atoms with Crippen molar-refractivity contribution in [1.82, 2.24) is 4.90 Å². The Bertz CT molecular complexity index is 166. The number of carbonyl (C=O) groups is 1. The number of ether oxygens (including phenoxy) is 2. The highest BCUT2D eigenvalue weighted by molar-refractivity contribution is 5.69. The Hall–Kier alpha value is -0.610. The molecule has 1 rings (SSSR count). The number of hydrogen-bond acceptors (Lipinski definition) is 4. The van der Waals surface area contributed by atoms with E-state index in [4.69, 9.17) is 4.74 Å². The van der Waals surface area contributed by atoms with Crippen LogP contribution in [0.1, 0.15) is 13.3 Å². The number of methoxy groups -OCH3 is 1. The second-order valence-corrected chi connectivity index (χ2v) is 3.28. The number of rotatable bonds is 3. The topological polar surface area (TPSA) is 38.8 Å². The van der Waals surface area contributed by atoms with Gasteiger partial charge in [-0.3, -0.25) is 9.69 Å². The van der Waals surface area contributed by atoms with Gasteiger partial charge in [0, 0.05) is 19.1 Å². The number of nitrogens with zero attached hydrogens (tertiary/aromatic N) is 1. The summed E-state index contributed by atoms with van der Waals surface area (Å²) in [6, 6.07) is 0.261. The van der Waals surface area contributed by atoms with E-state index in [2.05, 4.69) is 9.64 Å². The lowest BCUT2D eigenvalue weighted by Gasteiger charge is -2.31. The molecule has 1 atom stereocenters. The number of hydrogen-bond donors (Lipinski definition) is 0. The van der Waals surface area contributed by atoms with Crippen LogP contribution in [0.15, 0.2) is 0 Å². The Morgan fingerprint density at radius 2 is 2.15 bits per heavy atom. The molecule has 0 saturated carbocycles. The van der Waals surface area contributed by atoms with Crippen LogP contribution in [0, 0.1) is 0 Å². The molecule has 76 valence electrons. The lowest BCUT2D eigenvalue weighted by atomic mass is 10.2. The highest BCUT2D eigenvalue weighted by Crippen LogP contribution is 2.07. The van der Waals surface area contributed by atoms with Gasteiger partial charge in [-0.05, 0) is 6.92 Å². The molecular formula is C9H17NO3. The number of esters is 1. The van der Waals surface area contributed by atoms with E-state index in [-0.39, 0.29) is 12.0 Å². The standard InChI is InChI=1S/C9H17NO3/c1-8(7-9(11)12-2)10-3-5-13-6-4-10/h8H,3-7H2,1-2H3/t8-/m0/s1.